The Morgan fingerprint density at radius 3 is 2.47 bits per heavy atom. The maximum absolute atomic E-state index is 14.1. The van der Waals surface area contributed by atoms with Crippen molar-refractivity contribution in [1.29, 1.82) is 0 Å². The third-order valence-corrected chi connectivity index (χ3v) is 5.07. The average Bonchev–Trinajstić information content (AvgIpc) is 2.72. The van der Waals surface area contributed by atoms with Gasteiger partial charge in [-0.15, -0.1) is 0 Å². The largest absolute Gasteiger partial charge is 0.348 e. The van der Waals surface area contributed by atoms with Crippen LogP contribution in [0.3, 0.4) is 0 Å². The molecular weight excluding hydrogens is 410 g/mol. The zero-order chi connectivity index (χ0) is 21.3. The van der Waals surface area contributed by atoms with E-state index >= 15 is 0 Å². The molecule has 0 spiro atoms. The first kappa shape index (κ1) is 20.0. The molecule has 0 aliphatic heterocycles. The van der Waals surface area contributed by atoms with Crippen molar-refractivity contribution in [3.63, 3.8) is 0 Å². The Morgan fingerprint density at radius 2 is 1.77 bits per heavy atom. The van der Waals surface area contributed by atoms with Gasteiger partial charge in [-0.1, -0.05) is 29.8 Å². The van der Waals surface area contributed by atoms with Gasteiger partial charge in [0, 0.05) is 28.2 Å². The summed E-state index contributed by atoms with van der Waals surface area (Å²) in [5, 5.41) is 4.39. The van der Waals surface area contributed by atoms with E-state index in [2.05, 4.69) is 15.3 Å². The van der Waals surface area contributed by atoms with E-state index in [1.807, 2.05) is 19.1 Å². The Kier molecular flexibility index (Phi) is 5.46. The molecule has 1 N–H and O–H groups in total. The molecular formula is C22H17ClF2N4O. The fraction of sp³-hybridized carbons (Fsp3) is 0.136. The van der Waals surface area contributed by atoms with Gasteiger partial charge in [0.05, 0.1) is 12.6 Å². The number of aromatic nitrogens is 3. The van der Waals surface area contributed by atoms with Gasteiger partial charge in [0.2, 0.25) is 5.95 Å². The van der Waals surface area contributed by atoms with Crippen LogP contribution in [0, 0.1) is 11.6 Å². The monoisotopic (exact) mass is 426 g/mol. The maximum Gasteiger partial charge on any atom is 0.252 e. The second kappa shape index (κ2) is 8.20. The van der Waals surface area contributed by atoms with Crippen LogP contribution >= 0.6 is 11.6 Å². The van der Waals surface area contributed by atoms with Crippen LogP contribution in [-0.2, 0) is 6.54 Å². The van der Waals surface area contributed by atoms with E-state index in [1.165, 1.54) is 16.7 Å². The topological polar surface area (TPSA) is 59.8 Å². The number of nitrogens with one attached hydrogen (secondary N) is 1. The summed E-state index contributed by atoms with van der Waals surface area (Å²) in [5.74, 6) is -1.15. The molecule has 2 heterocycles. The van der Waals surface area contributed by atoms with Crippen molar-refractivity contribution >= 4 is 28.6 Å². The molecule has 0 amide bonds. The molecule has 152 valence electrons. The molecule has 0 saturated carbocycles. The molecule has 5 nitrogen and oxygen atoms in total. The van der Waals surface area contributed by atoms with Crippen LogP contribution in [0.25, 0.3) is 11.0 Å². The van der Waals surface area contributed by atoms with Crippen LogP contribution < -0.4 is 10.9 Å². The van der Waals surface area contributed by atoms with Crippen molar-refractivity contribution in [3.8, 4) is 0 Å². The number of pyridine rings is 1. The number of anilines is 1. The van der Waals surface area contributed by atoms with Crippen LogP contribution in [0.4, 0.5) is 14.7 Å². The van der Waals surface area contributed by atoms with Crippen molar-refractivity contribution in [3.05, 3.63) is 98.9 Å². The second-order valence-corrected chi connectivity index (χ2v) is 7.28. The molecule has 8 heteroatoms. The molecule has 4 aromatic rings. The molecule has 0 saturated heterocycles. The van der Waals surface area contributed by atoms with Crippen molar-refractivity contribution in [2.24, 2.45) is 0 Å². The number of hydrogen-bond acceptors (Lipinski definition) is 4. The smallest absolute Gasteiger partial charge is 0.252 e. The fourth-order valence-corrected chi connectivity index (χ4v) is 3.29. The minimum Gasteiger partial charge on any atom is -0.348 e. The summed E-state index contributed by atoms with van der Waals surface area (Å²) in [6.07, 6.45) is 1.56. The zero-order valence-electron chi connectivity index (χ0n) is 15.9. The molecule has 0 radical (unpaired) electrons. The minimum atomic E-state index is -0.720. The molecule has 30 heavy (non-hydrogen) atoms. The SMILES string of the molecule is C[C@H](Nc1ncc2ccc(=O)n(Cc3c(F)cccc3F)c2n1)c1ccc(Cl)cc1. The van der Waals surface area contributed by atoms with E-state index in [0.717, 1.165) is 17.7 Å². The predicted octanol–water partition coefficient (Wildman–Crippen LogP) is 4.94. The van der Waals surface area contributed by atoms with Crippen LogP contribution in [0.5, 0.6) is 0 Å². The number of nitrogens with zero attached hydrogens (tertiary/aromatic N) is 3. The summed E-state index contributed by atoms with van der Waals surface area (Å²) >= 11 is 5.93. The van der Waals surface area contributed by atoms with Crippen molar-refractivity contribution < 1.29 is 8.78 Å². The molecule has 4 rings (SSSR count). The van der Waals surface area contributed by atoms with Crippen molar-refractivity contribution in [2.75, 3.05) is 5.32 Å². The van der Waals surface area contributed by atoms with E-state index in [9.17, 15) is 13.6 Å². The number of benzene rings is 2. The lowest BCUT2D eigenvalue weighted by Gasteiger charge is -2.16. The summed E-state index contributed by atoms with van der Waals surface area (Å²) in [7, 11) is 0. The summed E-state index contributed by atoms with van der Waals surface area (Å²) in [6, 6.07) is 13.7. The number of fused-ring (bicyclic) bond motifs is 1. The molecule has 0 unspecified atom stereocenters. The van der Waals surface area contributed by atoms with E-state index in [-0.39, 0.29) is 23.8 Å². The van der Waals surface area contributed by atoms with Crippen LogP contribution in [0.1, 0.15) is 24.1 Å². The summed E-state index contributed by atoms with van der Waals surface area (Å²) in [6.45, 7) is 1.65. The molecule has 0 aliphatic rings. The Labute approximate surface area is 176 Å². The highest BCUT2D eigenvalue weighted by Gasteiger charge is 2.14. The minimum absolute atomic E-state index is 0.132. The third-order valence-electron chi connectivity index (χ3n) is 4.82. The van der Waals surface area contributed by atoms with Gasteiger partial charge in [-0.05, 0) is 42.8 Å². The summed E-state index contributed by atoms with van der Waals surface area (Å²) in [4.78, 5) is 21.2. The Morgan fingerprint density at radius 1 is 1.07 bits per heavy atom. The first-order valence-corrected chi connectivity index (χ1v) is 9.61. The summed E-state index contributed by atoms with van der Waals surface area (Å²) in [5.41, 5.74) is 0.642. The van der Waals surface area contributed by atoms with Crippen LogP contribution in [0.2, 0.25) is 5.02 Å². The van der Waals surface area contributed by atoms with Gasteiger partial charge in [0.25, 0.3) is 5.56 Å². The first-order valence-electron chi connectivity index (χ1n) is 9.24. The van der Waals surface area contributed by atoms with Gasteiger partial charge in [-0.25, -0.2) is 13.8 Å². The molecule has 0 aliphatic carbocycles. The molecule has 2 aromatic heterocycles. The van der Waals surface area contributed by atoms with Crippen molar-refractivity contribution in [1.82, 2.24) is 14.5 Å². The average molecular weight is 427 g/mol. The Balaban J connectivity index is 1.72. The molecule has 0 bridgehead atoms. The molecule has 2 aromatic carbocycles. The quantitative estimate of drug-likeness (QED) is 0.491. The van der Waals surface area contributed by atoms with Gasteiger partial charge < -0.3 is 5.32 Å². The zero-order valence-corrected chi connectivity index (χ0v) is 16.7. The lowest BCUT2D eigenvalue weighted by atomic mass is 10.1. The van der Waals surface area contributed by atoms with Gasteiger partial charge in [-0.3, -0.25) is 9.36 Å². The lowest BCUT2D eigenvalue weighted by Crippen LogP contribution is -2.22. The number of hydrogen-bond donors (Lipinski definition) is 1. The predicted molar refractivity (Wildman–Crippen MR) is 113 cm³/mol. The van der Waals surface area contributed by atoms with Gasteiger partial charge in [0.1, 0.15) is 17.3 Å². The van der Waals surface area contributed by atoms with Crippen LogP contribution in [-0.4, -0.2) is 14.5 Å². The maximum atomic E-state index is 14.1. The lowest BCUT2D eigenvalue weighted by molar-refractivity contribution is 0.544. The van der Waals surface area contributed by atoms with E-state index in [4.69, 9.17) is 11.6 Å². The Hall–Kier alpha value is -3.32. The first-order chi connectivity index (χ1) is 14.4. The highest BCUT2D eigenvalue weighted by molar-refractivity contribution is 6.30. The normalized spacial score (nSPS) is 12.1. The third kappa shape index (κ3) is 4.02. The number of rotatable bonds is 5. The fourth-order valence-electron chi connectivity index (χ4n) is 3.16. The van der Waals surface area contributed by atoms with Crippen LogP contribution in [0.15, 0.2) is 65.6 Å². The van der Waals surface area contributed by atoms with E-state index in [1.54, 1.807) is 24.4 Å². The van der Waals surface area contributed by atoms with Gasteiger partial charge in [-0.2, -0.15) is 4.98 Å². The Bertz CT molecular complexity index is 1250. The highest BCUT2D eigenvalue weighted by Crippen LogP contribution is 2.21. The highest BCUT2D eigenvalue weighted by atomic mass is 35.5. The van der Waals surface area contributed by atoms with Gasteiger partial charge >= 0.3 is 0 Å². The van der Waals surface area contributed by atoms with E-state index in [0.29, 0.717) is 16.4 Å². The van der Waals surface area contributed by atoms with E-state index < -0.39 is 17.2 Å². The number of halogens is 3. The summed E-state index contributed by atoms with van der Waals surface area (Å²) < 4.78 is 29.5. The van der Waals surface area contributed by atoms with Gasteiger partial charge in [0.15, 0.2) is 0 Å². The standard InChI is InChI=1S/C22H17ClF2N4O/c1-13(14-5-8-16(23)9-6-14)27-22-26-11-15-7-10-20(30)29(21(15)28-22)12-17-18(24)3-2-4-19(17)25/h2-11,13H,12H2,1H3,(H,26,27,28)/t13-/m0/s1. The molecule has 0 fully saturated rings. The molecule has 1 atom stereocenters. The second-order valence-electron chi connectivity index (χ2n) is 6.85. The van der Waals surface area contributed by atoms with Crippen molar-refractivity contribution in [2.45, 2.75) is 19.5 Å².